The minimum Gasteiger partial charge on any atom is -0.431 e. The van der Waals surface area contributed by atoms with Crippen LogP contribution in [0.4, 0.5) is 9.59 Å². The van der Waals surface area contributed by atoms with Gasteiger partial charge in [0.15, 0.2) is 12.5 Å². The number of carbonyl (C=O) groups is 2. The van der Waals surface area contributed by atoms with Crippen molar-refractivity contribution >= 4 is 12.2 Å². The maximum absolute atomic E-state index is 10.2. The molecule has 0 radical (unpaired) electrons. The number of amides is 2. The fourth-order valence-electron chi connectivity index (χ4n) is 0.747. The lowest BCUT2D eigenvalue weighted by Gasteiger charge is -2.18. The second kappa shape index (κ2) is 5.20. The summed E-state index contributed by atoms with van der Waals surface area (Å²) in [7, 11) is 0. The van der Waals surface area contributed by atoms with Crippen LogP contribution in [-0.2, 0) is 9.47 Å². The van der Waals surface area contributed by atoms with E-state index in [1.807, 2.05) is 0 Å². The zero-order valence-electron chi connectivity index (χ0n) is 7.44. The zero-order chi connectivity index (χ0) is 10.4. The van der Waals surface area contributed by atoms with Crippen molar-refractivity contribution in [3.8, 4) is 0 Å². The van der Waals surface area contributed by atoms with Crippen molar-refractivity contribution in [3.63, 3.8) is 0 Å². The van der Waals surface area contributed by atoms with Gasteiger partial charge in [-0.05, 0) is 13.8 Å². The van der Waals surface area contributed by atoms with Crippen LogP contribution in [0.5, 0.6) is 0 Å². The average Bonchev–Trinajstić information content (AvgIpc) is 1.80. The molecule has 0 saturated heterocycles. The normalized spacial score (nSPS) is 14.3. The van der Waals surface area contributed by atoms with Gasteiger partial charge in [-0.15, -0.1) is 0 Å². The summed E-state index contributed by atoms with van der Waals surface area (Å²) in [6.07, 6.45) is -3.11. The van der Waals surface area contributed by atoms with Crippen molar-refractivity contribution in [1.82, 2.24) is 5.32 Å². The van der Waals surface area contributed by atoms with Crippen LogP contribution in [-0.4, -0.2) is 24.6 Å². The van der Waals surface area contributed by atoms with Crippen LogP contribution in [0.2, 0.25) is 0 Å². The van der Waals surface area contributed by atoms with E-state index >= 15 is 0 Å². The van der Waals surface area contributed by atoms with Gasteiger partial charge in [0.05, 0.1) is 0 Å². The van der Waals surface area contributed by atoms with Crippen LogP contribution in [0, 0.1) is 0 Å². The molecule has 0 fully saturated rings. The Hall–Kier alpha value is -1.50. The van der Waals surface area contributed by atoms with Gasteiger partial charge in [0.1, 0.15) is 0 Å². The lowest BCUT2D eigenvalue weighted by atomic mass is 10.5. The summed E-state index contributed by atoms with van der Waals surface area (Å²) >= 11 is 0. The molecule has 76 valence electrons. The Morgan fingerprint density at radius 3 is 1.62 bits per heavy atom. The monoisotopic (exact) mass is 191 g/mol. The molecule has 0 aromatic heterocycles. The quantitative estimate of drug-likeness (QED) is 0.516. The summed E-state index contributed by atoms with van der Waals surface area (Å²) in [6, 6.07) is 0. The van der Waals surface area contributed by atoms with Crippen molar-refractivity contribution in [2.75, 3.05) is 0 Å². The average molecular weight is 191 g/mol. The highest BCUT2D eigenvalue weighted by molar-refractivity contribution is 5.65. The van der Waals surface area contributed by atoms with Gasteiger partial charge in [-0.1, -0.05) is 0 Å². The number of carbonyl (C=O) groups excluding carboxylic acids is 2. The van der Waals surface area contributed by atoms with Crippen molar-refractivity contribution < 1.29 is 19.1 Å². The molecule has 13 heavy (non-hydrogen) atoms. The molecular formula is C6H13N3O4. The predicted molar refractivity (Wildman–Crippen MR) is 43.4 cm³/mol. The predicted octanol–water partition coefficient (Wildman–Crippen LogP) is -0.541. The molecule has 7 heteroatoms. The summed E-state index contributed by atoms with van der Waals surface area (Å²) in [5.41, 5.74) is 9.47. The smallest absolute Gasteiger partial charge is 0.406 e. The fourth-order valence-corrected chi connectivity index (χ4v) is 0.747. The van der Waals surface area contributed by atoms with Crippen LogP contribution in [0.15, 0.2) is 0 Å². The number of nitrogens with two attached hydrogens (primary N) is 2. The third kappa shape index (κ3) is 6.88. The first-order valence-corrected chi connectivity index (χ1v) is 3.60. The second-order valence-electron chi connectivity index (χ2n) is 2.32. The van der Waals surface area contributed by atoms with Gasteiger partial charge in [0, 0.05) is 0 Å². The number of hydrogen-bond donors (Lipinski definition) is 3. The van der Waals surface area contributed by atoms with Gasteiger partial charge >= 0.3 is 12.2 Å². The second-order valence-corrected chi connectivity index (χ2v) is 2.32. The number of ether oxygens (including phenoxy) is 2. The number of nitrogens with one attached hydrogen (secondary N) is 1. The third-order valence-corrected chi connectivity index (χ3v) is 1.06. The maximum atomic E-state index is 10.2. The number of rotatable bonds is 4. The first-order chi connectivity index (χ1) is 5.91. The van der Waals surface area contributed by atoms with Crippen LogP contribution in [0.1, 0.15) is 13.8 Å². The zero-order valence-corrected chi connectivity index (χ0v) is 7.44. The van der Waals surface area contributed by atoms with Crippen LogP contribution in [0.3, 0.4) is 0 Å². The topological polar surface area (TPSA) is 117 Å². The molecule has 5 N–H and O–H groups in total. The molecule has 0 aliphatic heterocycles. The van der Waals surface area contributed by atoms with Crippen LogP contribution in [0.25, 0.3) is 0 Å². The van der Waals surface area contributed by atoms with Gasteiger partial charge < -0.3 is 20.9 Å². The molecule has 0 aliphatic carbocycles. The minimum absolute atomic E-state index is 0.646. The summed E-state index contributed by atoms with van der Waals surface area (Å²) in [5, 5.41) is 2.60. The van der Waals surface area contributed by atoms with E-state index in [0.717, 1.165) is 0 Å². The largest absolute Gasteiger partial charge is 0.431 e. The molecule has 2 amide bonds. The maximum Gasteiger partial charge on any atom is 0.406 e. The Bertz CT molecular complexity index is 176. The van der Waals surface area contributed by atoms with Gasteiger partial charge in [-0.3, -0.25) is 0 Å². The van der Waals surface area contributed by atoms with E-state index in [4.69, 9.17) is 11.5 Å². The summed E-state index contributed by atoms with van der Waals surface area (Å²) in [6.45, 7) is 3.07. The molecule has 2 unspecified atom stereocenters. The van der Waals surface area contributed by atoms with Crippen LogP contribution < -0.4 is 16.8 Å². The molecule has 0 bridgehead atoms. The first kappa shape index (κ1) is 11.5. The Morgan fingerprint density at radius 2 is 1.38 bits per heavy atom. The lowest BCUT2D eigenvalue weighted by Crippen LogP contribution is -2.41. The van der Waals surface area contributed by atoms with E-state index in [9.17, 15) is 9.59 Å². The standard InChI is InChI=1S/C6H13N3O4/c1-3(12-5(7)10)9-4(2)13-6(8)11/h3-4,9H,1-2H3,(H2,7,10)(H2,8,11). The SMILES string of the molecule is CC(NC(C)OC(N)=O)OC(N)=O. The highest BCUT2D eigenvalue weighted by atomic mass is 16.6. The summed E-state index contributed by atoms with van der Waals surface area (Å²) in [5.74, 6) is 0. The molecule has 0 heterocycles. The molecule has 0 spiro atoms. The molecule has 7 nitrogen and oxygen atoms in total. The van der Waals surface area contributed by atoms with Crippen molar-refractivity contribution in [2.24, 2.45) is 11.5 Å². The molecule has 0 aliphatic rings. The molecule has 0 rings (SSSR count). The highest BCUT2D eigenvalue weighted by Crippen LogP contribution is 1.91. The summed E-state index contributed by atoms with van der Waals surface area (Å²) in [4.78, 5) is 20.5. The summed E-state index contributed by atoms with van der Waals surface area (Å²) < 4.78 is 9.00. The van der Waals surface area contributed by atoms with Gasteiger partial charge in [-0.25, -0.2) is 14.9 Å². The number of primary amides is 2. The fraction of sp³-hybridized carbons (Fsp3) is 0.667. The Balaban J connectivity index is 3.70. The van der Waals surface area contributed by atoms with E-state index in [-0.39, 0.29) is 0 Å². The number of hydrogen-bond acceptors (Lipinski definition) is 5. The van der Waals surface area contributed by atoms with E-state index in [1.165, 1.54) is 13.8 Å². The lowest BCUT2D eigenvalue weighted by molar-refractivity contribution is 0.0334. The first-order valence-electron chi connectivity index (χ1n) is 3.60. The van der Waals surface area contributed by atoms with Gasteiger partial charge in [-0.2, -0.15) is 0 Å². The molecule has 0 saturated carbocycles. The molecule has 0 aromatic carbocycles. The Morgan fingerprint density at radius 1 is 1.08 bits per heavy atom. The highest BCUT2D eigenvalue weighted by Gasteiger charge is 2.11. The van der Waals surface area contributed by atoms with Crippen molar-refractivity contribution in [3.05, 3.63) is 0 Å². The Labute approximate surface area is 75.3 Å². The molecule has 2 atom stereocenters. The minimum atomic E-state index is -0.911. The van der Waals surface area contributed by atoms with E-state index in [2.05, 4.69) is 14.8 Å². The molecular weight excluding hydrogens is 178 g/mol. The van der Waals surface area contributed by atoms with Crippen molar-refractivity contribution in [2.45, 2.75) is 26.3 Å². The molecule has 0 aromatic rings. The van der Waals surface area contributed by atoms with Crippen LogP contribution >= 0.6 is 0 Å². The Kier molecular flexibility index (Phi) is 4.60. The van der Waals surface area contributed by atoms with E-state index in [1.54, 1.807) is 0 Å². The van der Waals surface area contributed by atoms with Crippen molar-refractivity contribution in [1.29, 1.82) is 0 Å². The van der Waals surface area contributed by atoms with Gasteiger partial charge in [0.25, 0.3) is 0 Å². The van der Waals surface area contributed by atoms with E-state index < -0.39 is 24.6 Å². The van der Waals surface area contributed by atoms with Gasteiger partial charge in [0.2, 0.25) is 0 Å². The third-order valence-electron chi connectivity index (χ3n) is 1.06. The van der Waals surface area contributed by atoms with E-state index in [0.29, 0.717) is 0 Å².